The largest absolute Gasteiger partial charge is 0.467 e. The maximum Gasteiger partial charge on any atom is 0.410 e. The Kier molecular flexibility index (Phi) is 6.15. The summed E-state index contributed by atoms with van der Waals surface area (Å²) in [5.74, 6) is -0.510. The van der Waals surface area contributed by atoms with Gasteiger partial charge in [0, 0.05) is 25.6 Å². The molecule has 2 aliphatic rings. The zero-order chi connectivity index (χ0) is 21.2. The molecule has 0 aromatic heterocycles. The highest BCUT2D eigenvalue weighted by Crippen LogP contribution is 2.28. The summed E-state index contributed by atoms with van der Waals surface area (Å²) in [7, 11) is 1.34. The molecule has 7 nitrogen and oxygen atoms in total. The van der Waals surface area contributed by atoms with E-state index in [1.165, 1.54) is 7.11 Å². The molecule has 1 aromatic carbocycles. The molecule has 0 radical (unpaired) electrons. The number of carbonyl (C=O) groups excluding carboxylic acids is 3. The normalized spacial score (nSPS) is 21.5. The molecule has 2 aliphatic heterocycles. The highest BCUT2D eigenvalue weighted by molar-refractivity contribution is 5.85. The average molecular weight is 402 g/mol. The average Bonchev–Trinajstić information content (AvgIpc) is 3.15. The molecule has 2 heterocycles. The van der Waals surface area contributed by atoms with Crippen LogP contribution in [0.5, 0.6) is 0 Å². The van der Waals surface area contributed by atoms with E-state index < -0.39 is 17.7 Å². The number of ether oxygens (including phenoxy) is 2. The molecule has 1 fully saturated rings. The summed E-state index contributed by atoms with van der Waals surface area (Å²) in [6, 6.07) is 7.10. The van der Waals surface area contributed by atoms with Crippen LogP contribution < -0.4 is 0 Å². The molecule has 0 bridgehead atoms. The molecule has 0 N–H and O–H groups in total. The fourth-order valence-electron chi connectivity index (χ4n) is 4.07. The van der Waals surface area contributed by atoms with Crippen LogP contribution in [-0.2, 0) is 32.0 Å². The van der Waals surface area contributed by atoms with Crippen molar-refractivity contribution >= 4 is 18.0 Å². The van der Waals surface area contributed by atoms with Crippen LogP contribution in [-0.4, -0.2) is 59.1 Å². The van der Waals surface area contributed by atoms with Gasteiger partial charge < -0.3 is 19.3 Å². The Morgan fingerprint density at radius 3 is 2.45 bits per heavy atom. The predicted molar refractivity (Wildman–Crippen MR) is 107 cm³/mol. The Morgan fingerprint density at radius 1 is 1.10 bits per heavy atom. The molecule has 7 heteroatoms. The highest BCUT2D eigenvalue weighted by atomic mass is 16.6. The number of hydrogen-bond acceptors (Lipinski definition) is 5. The quantitative estimate of drug-likeness (QED) is 0.727. The number of nitrogens with zero attached hydrogens (tertiary/aromatic N) is 2. The number of hydrogen-bond donors (Lipinski definition) is 0. The van der Waals surface area contributed by atoms with Crippen molar-refractivity contribution in [2.75, 3.05) is 13.7 Å². The summed E-state index contributed by atoms with van der Waals surface area (Å²) in [5, 5.41) is 0. The molecular formula is C22H30N2O5. The van der Waals surface area contributed by atoms with Crippen molar-refractivity contribution in [3.63, 3.8) is 0 Å². The van der Waals surface area contributed by atoms with Crippen molar-refractivity contribution < 1.29 is 23.9 Å². The molecule has 3 rings (SSSR count). The van der Waals surface area contributed by atoms with E-state index in [-0.39, 0.29) is 24.3 Å². The summed E-state index contributed by atoms with van der Waals surface area (Å²) in [6.07, 6.45) is 1.70. The number of carbonyl (C=O) groups is 3. The van der Waals surface area contributed by atoms with Crippen molar-refractivity contribution in [3.8, 4) is 0 Å². The maximum absolute atomic E-state index is 13.0. The molecule has 2 amide bonds. The van der Waals surface area contributed by atoms with Crippen LogP contribution in [0.2, 0.25) is 0 Å². The topological polar surface area (TPSA) is 76.2 Å². The first-order valence-electron chi connectivity index (χ1n) is 10.1. The van der Waals surface area contributed by atoms with Gasteiger partial charge in [0.2, 0.25) is 5.91 Å². The third kappa shape index (κ3) is 4.89. The van der Waals surface area contributed by atoms with Crippen LogP contribution in [0.4, 0.5) is 4.79 Å². The minimum atomic E-state index is -0.618. The lowest BCUT2D eigenvalue weighted by atomic mass is 9.92. The first kappa shape index (κ1) is 21.1. The van der Waals surface area contributed by atoms with E-state index in [1.807, 2.05) is 45.0 Å². The van der Waals surface area contributed by atoms with E-state index >= 15 is 0 Å². The fourth-order valence-corrected chi connectivity index (χ4v) is 4.07. The minimum Gasteiger partial charge on any atom is -0.467 e. The molecule has 0 spiro atoms. The number of methoxy groups -OCH3 is 1. The van der Waals surface area contributed by atoms with Crippen LogP contribution in [0.15, 0.2) is 24.3 Å². The minimum absolute atomic E-state index is 0.129. The van der Waals surface area contributed by atoms with E-state index in [1.54, 1.807) is 9.80 Å². The molecule has 1 unspecified atom stereocenters. The molecule has 2 atom stereocenters. The maximum atomic E-state index is 13.0. The van der Waals surface area contributed by atoms with Crippen LogP contribution in [0.3, 0.4) is 0 Å². The smallest absolute Gasteiger partial charge is 0.410 e. The monoisotopic (exact) mass is 402 g/mol. The van der Waals surface area contributed by atoms with Gasteiger partial charge in [-0.25, -0.2) is 9.59 Å². The van der Waals surface area contributed by atoms with E-state index in [0.717, 1.165) is 17.5 Å². The van der Waals surface area contributed by atoms with Gasteiger partial charge in [-0.1, -0.05) is 24.3 Å². The Hall–Kier alpha value is -2.57. The van der Waals surface area contributed by atoms with E-state index in [9.17, 15) is 14.4 Å². The zero-order valence-electron chi connectivity index (χ0n) is 17.6. The second-order valence-corrected chi connectivity index (χ2v) is 8.71. The van der Waals surface area contributed by atoms with Crippen molar-refractivity contribution in [2.45, 2.75) is 70.7 Å². The van der Waals surface area contributed by atoms with Crippen LogP contribution in [0.25, 0.3) is 0 Å². The van der Waals surface area contributed by atoms with Gasteiger partial charge in [0.25, 0.3) is 0 Å². The van der Waals surface area contributed by atoms with Crippen LogP contribution in [0, 0.1) is 0 Å². The van der Waals surface area contributed by atoms with E-state index in [0.29, 0.717) is 25.9 Å². The Morgan fingerprint density at radius 2 is 1.79 bits per heavy atom. The highest BCUT2D eigenvalue weighted by Gasteiger charge is 2.39. The number of likely N-dealkylation sites (tertiary alicyclic amines) is 1. The zero-order valence-corrected chi connectivity index (χ0v) is 17.6. The van der Waals surface area contributed by atoms with Gasteiger partial charge in [0.05, 0.1) is 7.11 Å². The molecule has 1 saturated heterocycles. The van der Waals surface area contributed by atoms with Crippen molar-refractivity contribution in [1.29, 1.82) is 0 Å². The first-order chi connectivity index (χ1) is 13.7. The van der Waals surface area contributed by atoms with Gasteiger partial charge in [-0.15, -0.1) is 0 Å². The van der Waals surface area contributed by atoms with Crippen molar-refractivity contribution in [1.82, 2.24) is 9.80 Å². The lowest BCUT2D eigenvalue weighted by molar-refractivity contribution is -0.151. The van der Waals surface area contributed by atoms with Gasteiger partial charge in [-0.3, -0.25) is 4.79 Å². The molecular weight excluding hydrogens is 372 g/mol. The lowest BCUT2D eigenvalue weighted by Gasteiger charge is -2.38. The molecule has 158 valence electrons. The van der Waals surface area contributed by atoms with Gasteiger partial charge in [-0.05, 0) is 51.2 Å². The number of esters is 1. The second-order valence-electron chi connectivity index (χ2n) is 8.71. The summed E-state index contributed by atoms with van der Waals surface area (Å²) >= 11 is 0. The second kappa shape index (κ2) is 8.43. The lowest BCUT2D eigenvalue weighted by Crippen LogP contribution is -2.50. The Balaban J connectivity index is 1.79. The summed E-state index contributed by atoms with van der Waals surface area (Å²) < 4.78 is 10.4. The van der Waals surface area contributed by atoms with Gasteiger partial charge in [0.15, 0.2) is 0 Å². The summed E-state index contributed by atoms with van der Waals surface area (Å²) in [5.41, 5.74) is 1.58. The first-order valence-corrected chi connectivity index (χ1v) is 10.1. The number of fused-ring (bicyclic) bond motifs is 1. The van der Waals surface area contributed by atoms with Crippen LogP contribution in [0.1, 0.15) is 51.2 Å². The number of benzene rings is 1. The molecule has 0 saturated carbocycles. The van der Waals surface area contributed by atoms with E-state index in [2.05, 4.69) is 0 Å². The van der Waals surface area contributed by atoms with E-state index in [4.69, 9.17) is 9.47 Å². The summed E-state index contributed by atoms with van der Waals surface area (Å²) in [4.78, 5) is 41.2. The Bertz CT molecular complexity index is 786. The number of amides is 2. The van der Waals surface area contributed by atoms with Crippen molar-refractivity contribution in [2.24, 2.45) is 0 Å². The molecule has 0 aliphatic carbocycles. The third-order valence-corrected chi connectivity index (χ3v) is 5.44. The van der Waals surface area contributed by atoms with Gasteiger partial charge >= 0.3 is 12.1 Å². The van der Waals surface area contributed by atoms with Gasteiger partial charge in [0.1, 0.15) is 11.6 Å². The summed E-state index contributed by atoms with van der Waals surface area (Å²) in [6.45, 7) is 6.42. The van der Waals surface area contributed by atoms with Gasteiger partial charge in [-0.2, -0.15) is 0 Å². The standard InChI is InChI=1S/C22H30N2O5/c1-22(2,3)29-21(27)24-14-16-9-6-5-8-15(16)12-17(24)13-19(25)23-11-7-10-18(23)20(26)28-4/h5-6,8-9,17-18H,7,10-14H2,1-4H3/t17-,18?/m1/s1. The fraction of sp³-hybridized carbons (Fsp3) is 0.591. The molecule has 1 aromatic rings. The van der Waals surface area contributed by atoms with Crippen molar-refractivity contribution in [3.05, 3.63) is 35.4 Å². The molecule has 29 heavy (non-hydrogen) atoms. The third-order valence-electron chi connectivity index (χ3n) is 5.44. The number of rotatable bonds is 3. The SMILES string of the molecule is COC(=O)C1CCCN1C(=O)C[C@H]1Cc2ccccc2CN1C(=O)OC(C)(C)C. The predicted octanol–water partition coefficient (Wildman–Crippen LogP) is 2.90. The van der Waals surface area contributed by atoms with Crippen LogP contribution >= 0.6 is 0 Å². The Labute approximate surface area is 171 Å².